The average Bonchev–Trinajstić information content (AvgIpc) is 3.07. The van der Waals surface area contributed by atoms with E-state index in [1.165, 1.54) is 12.0 Å². The molecule has 0 bridgehead atoms. The van der Waals surface area contributed by atoms with Gasteiger partial charge in [0.1, 0.15) is 5.60 Å². The lowest BCUT2D eigenvalue weighted by atomic mass is 9.82. The lowest BCUT2D eigenvalue weighted by Gasteiger charge is -2.52. The van der Waals surface area contributed by atoms with Crippen molar-refractivity contribution in [3.05, 3.63) is 47.9 Å². The van der Waals surface area contributed by atoms with Crippen LogP contribution in [0.15, 0.2) is 35.3 Å². The number of hydrogen-bond donors (Lipinski definition) is 0. The molecule has 1 spiro atoms. The number of aromatic nitrogens is 2. The molecule has 7 nitrogen and oxygen atoms in total. The Hall–Kier alpha value is -2.25. The van der Waals surface area contributed by atoms with Crippen molar-refractivity contribution < 1.29 is 13.9 Å². The molecule has 2 aliphatic rings. The van der Waals surface area contributed by atoms with Gasteiger partial charge in [-0.3, -0.25) is 9.78 Å². The van der Waals surface area contributed by atoms with E-state index in [1.54, 1.807) is 18.0 Å². The number of oxazole rings is 1. The highest BCUT2D eigenvalue weighted by Crippen LogP contribution is 2.37. The van der Waals surface area contributed by atoms with Crippen LogP contribution >= 0.6 is 0 Å². The summed E-state index contributed by atoms with van der Waals surface area (Å²) in [6.45, 7) is 5.73. The molecule has 0 saturated carbocycles. The molecule has 4 heterocycles. The van der Waals surface area contributed by atoms with Crippen molar-refractivity contribution in [2.24, 2.45) is 5.92 Å². The number of rotatable bonds is 5. The minimum atomic E-state index is -0.165. The Morgan fingerprint density at radius 3 is 2.93 bits per heavy atom. The van der Waals surface area contributed by atoms with Crippen LogP contribution in [-0.4, -0.2) is 64.6 Å². The van der Waals surface area contributed by atoms with Crippen LogP contribution in [0, 0.1) is 12.8 Å². The van der Waals surface area contributed by atoms with Gasteiger partial charge in [-0.05, 0) is 44.4 Å². The van der Waals surface area contributed by atoms with Gasteiger partial charge in [-0.1, -0.05) is 6.07 Å². The number of amides is 1. The Balaban J connectivity index is 1.23. The molecule has 0 aromatic carbocycles. The number of aryl methyl sites for hydroxylation is 1. The van der Waals surface area contributed by atoms with Crippen LogP contribution in [0.5, 0.6) is 0 Å². The van der Waals surface area contributed by atoms with Crippen LogP contribution < -0.4 is 0 Å². The molecule has 2 saturated heterocycles. The Morgan fingerprint density at radius 2 is 2.30 bits per heavy atom. The highest BCUT2D eigenvalue weighted by molar-refractivity contribution is 5.93. The standard InChI is InChI=1S/C20H26N4O3/c1-15-18(26-14-22-15)19(25)24-12-20(13-24)6-5-17(11-27-20)10-23(2)9-16-4-3-7-21-8-16/h3-4,7-8,14,17H,5-6,9-13H2,1-2H3. The molecule has 1 atom stereocenters. The van der Waals surface area contributed by atoms with Gasteiger partial charge >= 0.3 is 0 Å². The van der Waals surface area contributed by atoms with Gasteiger partial charge in [0.25, 0.3) is 5.91 Å². The number of ether oxygens (including phenoxy) is 1. The molecular weight excluding hydrogens is 344 g/mol. The third-order valence-corrected chi connectivity index (χ3v) is 5.56. The fourth-order valence-electron chi connectivity index (χ4n) is 4.06. The third kappa shape index (κ3) is 3.89. The summed E-state index contributed by atoms with van der Waals surface area (Å²) in [4.78, 5) is 24.7. The van der Waals surface area contributed by atoms with Gasteiger partial charge in [0.15, 0.2) is 6.39 Å². The minimum absolute atomic E-state index is 0.0856. The molecule has 1 amide bonds. The quantitative estimate of drug-likeness (QED) is 0.803. The number of carbonyl (C=O) groups is 1. The van der Waals surface area contributed by atoms with Crippen LogP contribution in [-0.2, 0) is 11.3 Å². The topological polar surface area (TPSA) is 71.7 Å². The summed E-state index contributed by atoms with van der Waals surface area (Å²) >= 11 is 0. The normalized spacial score (nSPS) is 21.4. The largest absolute Gasteiger partial charge is 0.438 e. The molecule has 2 aliphatic heterocycles. The molecule has 27 heavy (non-hydrogen) atoms. The monoisotopic (exact) mass is 370 g/mol. The Morgan fingerprint density at radius 1 is 1.44 bits per heavy atom. The van der Waals surface area contributed by atoms with Crippen LogP contribution in [0.4, 0.5) is 0 Å². The second-order valence-corrected chi connectivity index (χ2v) is 7.88. The SMILES string of the molecule is Cc1ncoc1C(=O)N1CC2(CCC(CN(C)Cc3cccnc3)CO2)C1. The molecule has 0 radical (unpaired) electrons. The third-order valence-electron chi connectivity index (χ3n) is 5.56. The second kappa shape index (κ2) is 7.40. The van der Waals surface area contributed by atoms with Gasteiger partial charge in [-0.2, -0.15) is 0 Å². The fourth-order valence-corrected chi connectivity index (χ4v) is 4.06. The van der Waals surface area contributed by atoms with Crippen molar-refractivity contribution in [1.29, 1.82) is 0 Å². The summed E-state index contributed by atoms with van der Waals surface area (Å²) in [5.74, 6) is 0.784. The number of likely N-dealkylation sites (tertiary alicyclic amines) is 1. The predicted molar refractivity (Wildman–Crippen MR) is 99.1 cm³/mol. The van der Waals surface area contributed by atoms with Gasteiger partial charge in [-0.25, -0.2) is 4.98 Å². The lowest BCUT2D eigenvalue weighted by Crippen LogP contribution is -2.66. The first-order valence-corrected chi connectivity index (χ1v) is 9.45. The van der Waals surface area contributed by atoms with E-state index in [2.05, 4.69) is 28.0 Å². The molecule has 0 aliphatic carbocycles. The van der Waals surface area contributed by atoms with Crippen LogP contribution in [0.3, 0.4) is 0 Å². The maximum Gasteiger partial charge on any atom is 0.291 e. The number of carbonyl (C=O) groups excluding carboxylic acids is 1. The van der Waals surface area contributed by atoms with Crippen LogP contribution in [0.2, 0.25) is 0 Å². The van der Waals surface area contributed by atoms with Crippen molar-refractivity contribution in [2.45, 2.75) is 31.9 Å². The van der Waals surface area contributed by atoms with Gasteiger partial charge in [0.05, 0.1) is 25.4 Å². The predicted octanol–water partition coefficient (Wildman–Crippen LogP) is 2.13. The summed E-state index contributed by atoms with van der Waals surface area (Å²) in [7, 11) is 2.14. The van der Waals surface area contributed by atoms with Crippen LogP contribution in [0.1, 0.15) is 34.7 Å². The maximum atomic E-state index is 12.4. The van der Waals surface area contributed by atoms with E-state index in [0.717, 1.165) is 32.5 Å². The fraction of sp³-hybridized carbons (Fsp3) is 0.550. The van der Waals surface area contributed by atoms with E-state index in [-0.39, 0.29) is 11.5 Å². The van der Waals surface area contributed by atoms with E-state index >= 15 is 0 Å². The van der Waals surface area contributed by atoms with Crippen molar-refractivity contribution in [2.75, 3.05) is 33.3 Å². The van der Waals surface area contributed by atoms with Crippen molar-refractivity contribution in [3.63, 3.8) is 0 Å². The zero-order chi connectivity index (χ0) is 18.9. The van der Waals surface area contributed by atoms with Gasteiger partial charge in [0, 0.05) is 25.5 Å². The number of nitrogens with zero attached hydrogens (tertiary/aromatic N) is 4. The van der Waals surface area contributed by atoms with Crippen molar-refractivity contribution >= 4 is 5.91 Å². The van der Waals surface area contributed by atoms with Crippen LogP contribution in [0.25, 0.3) is 0 Å². The first-order valence-electron chi connectivity index (χ1n) is 9.45. The van der Waals surface area contributed by atoms with Gasteiger partial charge < -0.3 is 19.0 Å². The Kier molecular flexibility index (Phi) is 4.97. The number of pyridine rings is 1. The van der Waals surface area contributed by atoms with E-state index in [9.17, 15) is 4.79 Å². The first kappa shape index (κ1) is 18.1. The molecule has 2 aromatic rings. The summed E-state index contributed by atoms with van der Waals surface area (Å²) in [5, 5.41) is 0. The maximum absolute atomic E-state index is 12.4. The molecule has 144 valence electrons. The summed E-state index contributed by atoms with van der Waals surface area (Å²) in [6, 6.07) is 4.08. The molecule has 7 heteroatoms. The smallest absolute Gasteiger partial charge is 0.291 e. The molecule has 2 aromatic heterocycles. The highest BCUT2D eigenvalue weighted by Gasteiger charge is 2.49. The summed E-state index contributed by atoms with van der Waals surface area (Å²) in [5.41, 5.74) is 1.70. The molecule has 4 rings (SSSR count). The second-order valence-electron chi connectivity index (χ2n) is 7.88. The molecule has 1 unspecified atom stereocenters. The first-order chi connectivity index (χ1) is 13.0. The highest BCUT2D eigenvalue weighted by atomic mass is 16.5. The van der Waals surface area contributed by atoms with E-state index in [4.69, 9.17) is 9.15 Å². The molecule has 0 N–H and O–H groups in total. The molecular formula is C20H26N4O3. The zero-order valence-electron chi connectivity index (χ0n) is 15.9. The van der Waals surface area contributed by atoms with E-state index in [1.807, 2.05) is 12.3 Å². The van der Waals surface area contributed by atoms with Gasteiger partial charge in [0.2, 0.25) is 5.76 Å². The van der Waals surface area contributed by atoms with Crippen molar-refractivity contribution in [3.8, 4) is 0 Å². The Bertz CT molecular complexity index is 776. The molecule has 2 fully saturated rings. The lowest BCUT2D eigenvalue weighted by molar-refractivity contribution is -0.168. The Labute approximate surface area is 159 Å². The average molecular weight is 370 g/mol. The minimum Gasteiger partial charge on any atom is -0.438 e. The van der Waals surface area contributed by atoms with Crippen molar-refractivity contribution in [1.82, 2.24) is 19.8 Å². The number of hydrogen-bond acceptors (Lipinski definition) is 6. The summed E-state index contributed by atoms with van der Waals surface area (Å²) in [6.07, 6.45) is 7.16. The zero-order valence-corrected chi connectivity index (χ0v) is 15.9. The van der Waals surface area contributed by atoms with Gasteiger partial charge in [-0.15, -0.1) is 0 Å². The van der Waals surface area contributed by atoms with E-state index in [0.29, 0.717) is 30.5 Å². The summed E-state index contributed by atoms with van der Waals surface area (Å²) < 4.78 is 11.4. The van der Waals surface area contributed by atoms with E-state index < -0.39 is 0 Å².